The topological polar surface area (TPSA) is 80.5 Å². The lowest BCUT2D eigenvalue weighted by Crippen LogP contribution is -2.33. The Kier molecular flexibility index (Phi) is 6.31. The lowest BCUT2D eigenvalue weighted by molar-refractivity contribution is -0.118. The van der Waals surface area contributed by atoms with E-state index in [-0.39, 0.29) is 33.7 Å². The second-order valence-electron chi connectivity index (χ2n) is 6.53. The Morgan fingerprint density at radius 2 is 1.96 bits per heavy atom. The van der Waals surface area contributed by atoms with Gasteiger partial charge in [0.15, 0.2) is 0 Å². The minimum Gasteiger partial charge on any atom is -0.370 e. The number of thiophene rings is 1. The van der Waals surface area contributed by atoms with E-state index in [1.165, 1.54) is 12.1 Å². The molecule has 1 heterocycles. The summed E-state index contributed by atoms with van der Waals surface area (Å²) in [6, 6.07) is 4.09. The molecule has 0 spiro atoms. The molecule has 1 aromatic heterocycles. The van der Waals surface area contributed by atoms with Crippen molar-refractivity contribution < 1.29 is 22.0 Å². The molecule has 1 saturated carbocycles. The van der Waals surface area contributed by atoms with E-state index >= 15 is 0 Å². The van der Waals surface area contributed by atoms with Crippen LogP contribution in [0.15, 0.2) is 28.5 Å². The maximum Gasteiger partial charge on any atom is 0.253 e. The predicted molar refractivity (Wildman–Crippen MR) is 104 cm³/mol. The monoisotopic (exact) mass is 468 g/mol. The largest absolute Gasteiger partial charge is 0.370 e. The molecule has 1 aliphatic carbocycles. The number of carbonyl (C=O) groups is 1. The first-order valence-electron chi connectivity index (χ1n) is 8.28. The quantitative estimate of drug-likeness (QED) is 0.590. The molecule has 11 heteroatoms. The van der Waals surface area contributed by atoms with Gasteiger partial charge < -0.3 is 5.73 Å². The number of rotatable bonds is 8. The summed E-state index contributed by atoms with van der Waals surface area (Å²) in [7, 11) is -4.00. The van der Waals surface area contributed by atoms with Gasteiger partial charge in [-0.2, -0.15) is 4.31 Å². The van der Waals surface area contributed by atoms with Crippen molar-refractivity contribution >= 4 is 50.5 Å². The first kappa shape index (κ1) is 21.4. The van der Waals surface area contributed by atoms with Gasteiger partial charge in [-0.25, -0.2) is 17.2 Å². The Balaban J connectivity index is 1.92. The highest BCUT2D eigenvalue weighted by Crippen LogP contribution is 2.44. The molecular weight excluding hydrogens is 453 g/mol. The van der Waals surface area contributed by atoms with Crippen molar-refractivity contribution in [2.24, 2.45) is 11.7 Å². The van der Waals surface area contributed by atoms with Crippen LogP contribution in [0.4, 0.5) is 8.78 Å². The van der Waals surface area contributed by atoms with Crippen LogP contribution in [0.1, 0.15) is 24.8 Å². The highest BCUT2D eigenvalue weighted by molar-refractivity contribution is 7.91. The number of nitrogens with zero attached hydrogens (tertiary/aromatic N) is 1. The zero-order valence-corrected chi connectivity index (χ0v) is 17.5. The highest BCUT2D eigenvalue weighted by Gasteiger charge is 2.47. The lowest BCUT2D eigenvalue weighted by atomic mass is 10.2. The summed E-state index contributed by atoms with van der Waals surface area (Å²) in [5.74, 6) is -2.20. The summed E-state index contributed by atoms with van der Waals surface area (Å²) in [5, 5.41) is -0.383. The summed E-state index contributed by atoms with van der Waals surface area (Å²) in [4.78, 5) is 11.0. The molecule has 1 aromatic carbocycles. The molecule has 152 valence electrons. The second kappa shape index (κ2) is 8.23. The fourth-order valence-corrected chi connectivity index (χ4v) is 6.44. The van der Waals surface area contributed by atoms with Crippen LogP contribution in [-0.4, -0.2) is 24.7 Å². The number of amides is 1. The van der Waals surface area contributed by atoms with Gasteiger partial charge >= 0.3 is 0 Å². The average Bonchev–Trinajstić information content (AvgIpc) is 3.23. The molecule has 28 heavy (non-hydrogen) atoms. The van der Waals surface area contributed by atoms with E-state index in [1.54, 1.807) is 0 Å². The van der Waals surface area contributed by atoms with E-state index in [9.17, 15) is 22.0 Å². The molecule has 2 N–H and O–H groups in total. The first-order chi connectivity index (χ1) is 13.1. The van der Waals surface area contributed by atoms with Crippen LogP contribution < -0.4 is 5.73 Å². The van der Waals surface area contributed by atoms with Gasteiger partial charge in [0.2, 0.25) is 5.91 Å². The van der Waals surface area contributed by atoms with Crippen molar-refractivity contribution in [1.29, 1.82) is 0 Å². The molecule has 2 aromatic rings. The van der Waals surface area contributed by atoms with E-state index in [1.807, 2.05) is 0 Å². The molecule has 2 atom stereocenters. The standard InChI is InChI=1S/C17H16Cl2F2N2O3S2/c18-11-7-12(20)10(5-13(11)21)8-23(14-6-9(14)1-3-16(22)24)28(25,26)17-4-2-15(19)27-17/h2,4-5,7,9,14H,1,3,6,8H2,(H2,22,24). The van der Waals surface area contributed by atoms with Gasteiger partial charge in [0.1, 0.15) is 15.8 Å². The molecule has 0 bridgehead atoms. The number of carbonyl (C=O) groups excluding carboxylic acids is 1. The van der Waals surface area contributed by atoms with Gasteiger partial charge in [-0.1, -0.05) is 23.2 Å². The van der Waals surface area contributed by atoms with Crippen molar-refractivity contribution in [1.82, 2.24) is 4.31 Å². The SMILES string of the molecule is NC(=O)CCC1CC1N(Cc1cc(F)c(Cl)cc1F)S(=O)(=O)c1ccc(Cl)s1. The fourth-order valence-electron chi connectivity index (χ4n) is 3.01. The number of hydrogen-bond donors (Lipinski definition) is 1. The third kappa shape index (κ3) is 4.65. The summed E-state index contributed by atoms with van der Waals surface area (Å²) < 4.78 is 55.7. The van der Waals surface area contributed by atoms with Crippen LogP contribution in [0.3, 0.4) is 0 Å². The molecule has 5 nitrogen and oxygen atoms in total. The molecule has 2 unspecified atom stereocenters. The van der Waals surface area contributed by atoms with Gasteiger partial charge in [-0.3, -0.25) is 4.79 Å². The highest BCUT2D eigenvalue weighted by atomic mass is 35.5. The minimum absolute atomic E-state index is 0.00731. The van der Waals surface area contributed by atoms with Crippen molar-refractivity contribution in [3.63, 3.8) is 0 Å². The van der Waals surface area contributed by atoms with Crippen molar-refractivity contribution in [2.75, 3.05) is 0 Å². The van der Waals surface area contributed by atoms with E-state index in [0.717, 1.165) is 27.8 Å². The van der Waals surface area contributed by atoms with E-state index in [4.69, 9.17) is 28.9 Å². The Morgan fingerprint density at radius 1 is 1.25 bits per heavy atom. The number of benzene rings is 1. The lowest BCUT2D eigenvalue weighted by Gasteiger charge is -2.22. The van der Waals surface area contributed by atoms with Gasteiger partial charge in [0.05, 0.1) is 9.36 Å². The number of sulfonamides is 1. The zero-order valence-electron chi connectivity index (χ0n) is 14.4. The number of primary amides is 1. The third-order valence-corrected chi connectivity index (χ3v) is 8.40. The van der Waals surface area contributed by atoms with E-state index < -0.39 is 33.6 Å². The maximum absolute atomic E-state index is 14.3. The zero-order chi connectivity index (χ0) is 20.6. The van der Waals surface area contributed by atoms with Crippen LogP contribution in [0.2, 0.25) is 9.36 Å². The van der Waals surface area contributed by atoms with Gasteiger partial charge in [0.25, 0.3) is 10.0 Å². The smallest absolute Gasteiger partial charge is 0.253 e. The average molecular weight is 469 g/mol. The maximum atomic E-state index is 14.3. The predicted octanol–water partition coefficient (Wildman–Crippen LogP) is 4.18. The van der Waals surface area contributed by atoms with Crippen LogP contribution in [0.25, 0.3) is 0 Å². The Bertz CT molecular complexity index is 1010. The van der Waals surface area contributed by atoms with Gasteiger partial charge in [-0.05, 0) is 43.0 Å². The van der Waals surface area contributed by atoms with Crippen LogP contribution in [-0.2, 0) is 21.4 Å². The molecule has 0 radical (unpaired) electrons. The van der Waals surface area contributed by atoms with E-state index in [0.29, 0.717) is 17.2 Å². The second-order valence-corrected chi connectivity index (χ2v) is 10.8. The van der Waals surface area contributed by atoms with Crippen LogP contribution in [0, 0.1) is 17.6 Å². The molecule has 1 aliphatic rings. The molecule has 3 rings (SSSR count). The van der Waals surface area contributed by atoms with Gasteiger partial charge in [0, 0.05) is 24.6 Å². The number of nitrogens with two attached hydrogens (primary N) is 1. The molecule has 1 fully saturated rings. The Morgan fingerprint density at radius 3 is 2.57 bits per heavy atom. The minimum atomic E-state index is -4.00. The van der Waals surface area contributed by atoms with Crippen molar-refractivity contribution in [3.8, 4) is 0 Å². The number of halogens is 4. The third-order valence-electron chi connectivity index (χ3n) is 4.54. The van der Waals surface area contributed by atoms with Gasteiger partial charge in [-0.15, -0.1) is 11.3 Å². The summed E-state index contributed by atoms with van der Waals surface area (Å²) in [5.41, 5.74) is 5.03. The number of hydrogen-bond acceptors (Lipinski definition) is 4. The fraction of sp³-hybridized carbons (Fsp3) is 0.353. The van der Waals surface area contributed by atoms with Crippen LogP contribution in [0.5, 0.6) is 0 Å². The summed E-state index contributed by atoms with van der Waals surface area (Å²) in [6.45, 7) is -0.366. The van der Waals surface area contributed by atoms with Crippen molar-refractivity contribution in [3.05, 3.63) is 50.8 Å². The molecule has 0 saturated heterocycles. The summed E-state index contributed by atoms with van der Waals surface area (Å²) >= 11 is 12.3. The van der Waals surface area contributed by atoms with Crippen LogP contribution >= 0.6 is 34.5 Å². The summed E-state index contributed by atoms with van der Waals surface area (Å²) in [6.07, 6.45) is 1.06. The van der Waals surface area contributed by atoms with Crippen molar-refractivity contribution in [2.45, 2.75) is 36.1 Å². The molecule has 1 amide bonds. The van der Waals surface area contributed by atoms with E-state index in [2.05, 4.69) is 0 Å². The Hall–Kier alpha value is -1.26. The molecular formula is C17H16Cl2F2N2O3S2. The normalized spacial score (nSPS) is 19.2. The molecule has 0 aliphatic heterocycles. The first-order valence-corrected chi connectivity index (χ1v) is 11.3. The Labute approximate surface area is 175 Å².